The number of benzene rings is 2. The summed E-state index contributed by atoms with van der Waals surface area (Å²) in [5.41, 5.74) is -1.70. The highest BCUT2D eigenvalue weighted by atomic mass is 19.4. The van der Waals surface area contributed by atoms with E-state index < -0.39 is 144 Å². The number of ether oxygens (including phenoxy) is 4. The molecule has 0 aliphatic carbocycles. The van der Waals surface area contributed by atoms with E-state index in [0.717, 1.165) is 41.4 Å². The number of aliphatic hydroxyl groups excluding tert-OH is 2. The number of aromatic nitrogens is 4. The molecule has 2 aromatic heterocycles. The maximum Gasteiger partial charge on any atom is 0.435 e. The topological polar surface area (TPSA) is 263 Å². The first-order chi connectivity index (χ1) is 42.8. The second-order valence-corrected chi connectivity index (χ2v) is 25.1. The molecule has 1 fully saturated rings. The Labute approximate surface area is 531 Å². The van der Waals surface area contributed by atoms with Crippen molar-refractivity contribution in [3.05, 3.63) is 106 Å². The summed E-state index contributed by atoms with van der Waals surface area (Å²) in [7, 11) is 5.10. The van der Waals surface area contributed by atoms with Gasteiger partial charge in [0.15, 0.2) is 35.8 Å². The van der Waals surface area contributed by atoms with Crippen molar-refractivity contribution in [2.24, 2.45) is 23.7 Å². The van der Waals surface area contributed by atoms with Gasteiger partial charge in [-0.25, -0.2) is 19.2 Å². The smallest absolute Gasteiger partial charge is 0.435 e. The summed E-state index contributed by atoms with van der Waals surface area (Å²) in [6.07, 6.45) is -15.2. The second-order valence-electron chi connectivity index (χ2n) is 25.1. The van der Waals surface area contributed by atoms with Gasteiger partial charge in [0.1, 0.15) is 24.2 Å². The van der Waals surface area contributed by atoms with Gasteiger partial charge < -0.3 is 48.8 Å². The Hall–Kier alpha value is -7.88. The monoisotopic (exact) mass is 1300 g/mol. The number of carbonyl (C=O) groups is 8. The van der Waals surface area contributed by atoms with E-state index in [-0.39, 0.29) is 75.3 Å². The normalized spacial score (nSPS) is 22.2. The van der Waals surface area contributed by atoms with Gasteiger partial charge in [-0.1, -0.05) is 104 Å². The lowest BCUT2D eigenvalue weighted by Crippen LogP contribution is -2.55. The molecule has 0 spiro atoms. The number of halogens is 6. The molecule has 8 atom stereocenters. The molecule has 0 radical (unpaired) electrons. The average molecular weight is 1310 g/mol. The highest BCUT2D eigenvalue weighted by molar-refractivity contribution is 5.94. The van der Waals surface area contributed by atoms with Crippen molar-refractivity contribution in [3.63, 3.8) is 0 Å². The molecule has 4 amide bonds. The molecule has 5 rings (SSSR count). The van der Waals surface area contributed by atoms with Crippen LogP contribution < -0.4 is 0 Å². The first-order valence-electron chi connectivity index (χ1n) is 30.4. The van der Waals surface area contributed by atoms with Crippen molar-refractivity contribution < 1.29 is 93.9 Å². The van der Waals surface area contributed by atoms with E-state index in [9.17, 15) is 65.3 Å². The quantitative estimate of drug-likeness (QED) is 0.0568. The molecule has 1 saturated heterocycles. The predicted molar refractivity (Wildman–Crippen MR) is 320 cm³/mol. The zero-order valence-corrected chi connectivity index (χ0v) is 54.4. The Balaban J connectivity index is 1.58. The molecular weight excluding hydrogens is 1220 g/mol. The van der Waals surface area contributed by atoms with E-state index in [1.807, 2.05) is 0 Å². The lowest BCUT2D eigenvalue weighted by molar-refractivity contribution is -0.176. The first-order valence-corrected chi connectivity index (χ1v) is 30.4. The molecule has 1 aliphatic heterocycles. The SMILES string of the molecule is CC(C)C[C@H]1C(=O)O[C@H](Cc2ccc(Cn3cc(CO)c(C(F)(F)F)n3)cc2)C(=O)N(C)[C@@H](CC(C)C)C(=O)O[C@H](C)C(=O)N(C)[C@@H](CC(C)C)C(=O)O[C@H](Cc2ccc(Cn3cc(CO)c(C(F)(F)F)n3)cc2)C(=O)N(C)[C@@H](CC(C)C)C(=O)O[C@H](C)C(=O)N1C. The van der Waals surface area contributed by atoms with Gasteiger partial charge in [0.2, 0.25) is 0 Å². The fraction of sp³-hybridized carbons (Fsp3) is 0.594. The molecule has 0 saturated carbocycles. The first kappa shape index (κ1) is 74.8. The minimum atomic E-state index is -4.83. The van der Waals surface area contributed by atoms with Crippen LogP contribution in [0.1, 0.15) is 140 Å². The maximum atomic E-state index is 15.0. The fourth-order valence-electron chi connectivity index (χ4n) is 10.6. The van der Waals surface area contributed by atoms with Crippen LogP contribution in [0.2, 0.25) is 0 Å². The van der Waals surface area contributed by atoms with Crippen LogP contribution in [-0.4, -0.2) is 174 Å². The number of cyclic esters (lactones) is 4. The van der Waals surface area contributed by atoms with E-state index in [1.165, 1.54) is 66.3 Å². The summed E-state index contributed by atoms with van der Waals surface area (Å²) in [5, 5.41) is 26.4. The summed E-state index contributed by atoms with van der Waals surface area (Å²) in [4.78, 5) is 122. The molecule has 4 aromatic rings. The second kappa shape index (κ2) is 32.1. The summed E-state index contributed by atoms with van der Waals surface area (Å²) in [5.74, 6) is -9.12. The van der Waals surface area contributed by atoms with Gasteiger partial charge >= 0.3 is 36.2 Å². The molecule has 3 heterocycles. The van der Waals surface area contributed by atoms with Crippen molar-refractivity contribution in [2.45, 2.75) is 195 Å². The van der Waals surface area contributed by atoms with Gasteiger partial charge in [0.25, 0.3) is 23.6 Å². The van der Waals surface area contributed by atoms with E-state index in [2.05, 4.69) is 10.2 Å². The van der Waals surface area contributed by atoms with Crippen molar-refractivity contribution in [1.29, 1.82) is 0 Å². The molecule has 0 unspecified atom stereocenters. The van der Waals surface area contributed by atoms with Crippen molar-refractivity contribution in [3.8, 4) is 0 Å². The zero-order chi connectivity index (χ0) is 69.0. The molecule has 0 bridgehead atoms. The van der Waals surface area contributed by atoms with Crippen LogP contribution in [0.25, 0.3) is 0 Å². The lowest BCUT2D eigenvalue weighted by atomic mass is 9.99. The van der Waals surface area contributed by atoms with Crippen LogP contribution in [-0.2, 0) is 109 Å². The number of amides is 4. The van der Waals surface area contributed by atoms with Crippen molar-refractivity contribution in [2.75, 3.05) is 28.2 Å². The summed E-state index contributed by atoms with van der Waals surface area (Å²) < 4.78 is 108. The number of hydrogen-bond donors (Lipinski definition) is 2. The van der Waals surface area contributed by atoms with E-state index >= 15 is 9.59 Å². The van der Waals surface area contributed by atoms with Gasteiger partial charge in [0.05, 0.1) is 26.3 Å². The Kier molecular flexibility index (Phi) is 26.1. The molecule has 28 heteroatoms. The average Bonchev–Trinajstić information content (AvgIpc) is 1.44. The number of carbonyl (C=O) groups excluding carboxylic acids is 8. The van der Waals surface area contributed by atoms with Gasteiger partial charge in [-0.15, -0.1) is 0 Å². The zero-order valence-electron chi connectivity index (χ0n) is 54.4. The molecule has 92 heavy (non-hydrogen) atoms. The van der Waals surface area contributed by atoms with Crippen LogP contribution >= 0.6 is 0 Å². The number of hydrogen-bond acceptors (Lipinski definition) is 16. The number of alkyl halides is 6. The number of aliphatic hydroxyl groups is 2. The minimum absolute atomic E-state index is 0.0516. The van der Waals surface area contributed by atoms with E-state index in [4.69, 9.17) is 18.9 Å². The number of rotatable bonds is 18. The molecule has 508 valence electrons. The van der Waals surface area contributed by atoms with Crippen molar-refractivity contribution in [1.82, 2.24) is 39.2 Å². The molecule has 1 aliphatic rings. The number of esters is 4. The van der Waals surface area contributed by atoms with Crippen LogP contribution in [0.4, 0.5) is 26.3 Å². The molecular formula is C64H86F6N8O14. The Morgan fingerprint density at radius 3 is 0.913 bits per heavy atom. The molecule has 22 nitrogen and oxygen atoms in total. The Morgan fingerprint density at radius 2 is 0.674 bits per heavy atom. The van der Waals surface area contributed by atoms with E-state index in [0.29, 0.717) is 22.3 Å². The largest absolute Gasteiger partial charge is 0.451 e. The summed E-state index contributed by atoms with van der Waals surface area (Å²) in [6.45, 7) is 14.4. The number of nitrogens with zero attached hydrogens (tertiary/aromatic N) is 8. The van der Waals surface area contributed by atoms with Crippen molar-refractivity contribution >= 4 is 47.5 Å². The Bertz CT molecular complexity index is 2980. The van der Waals surface area contributed by atoms with Crippen LogP contribution in [0.15, 0.2) is 60.9 Å². The summed E-state index contributed by atoms with van der Waals surface area (Å²) in [6, 6.07) is 6.55. The molecule has 2 aromatic carbocycles. The highest BCUT2D eigenvalue weighted by Gasteiger charge is 2.44. The van der Waals surface area contributed by atoms with Gasteiger partial charge in [-0.2, -0.15) is 36.5 Å². The van der Waals surface area contributed by atoms with Gasteiger partial charge in [-0.05, 0) is 85.5 Å². The summed E-state index contributed by atoms with van der Waals surface area (Å²) >= 11 is 0. The standard InChI is InChI=1S/C64H86F6N8O14/c1-35(2)23-47-59(85)89-39(9)55(81)73(11)50(26-38(7)8)62(88)92-52(28-42-17-21-44(22-18-42)30-78-32-46(34-80)54(72-78)64(68,69)70)58(84)76(14)48(24-36(3)4)60(86)90-40(10)56(82)74(12)49(25-37(5)6)61(87)91-51(57(83)75(47)13)27-41-15-19-43(20-16-41)29-77-31-45(33-79)53(71-77)63(65,66)67/h15-22,31-32,35-40,47-52,79-80H,23-30,33-34H2,1-14H3/t39-,40-,47+,48+,49+,50+,51-,52-/m1/s1. The fourth-order valence-corrected chi connectivity index (χ4v) is 10.6. The number of likely N-dealkylation sites (N-methyl/N-ethyl adjacent to an activating group) is 4. The van der Waals surface area contributed by atoms with Gasteiger partial charge in [-0.3, -0.25) is 28.5 Å². The third-order valence-corrected chi connectivity index (χ3v) is 15.6. The lowest BCUT2D eigenvalue weighted by Gasteiger charge is -2.35. The van der Waals surface area contributed by atoms with Crippen LogP contribution in [0.3, 0.4) is 0 Å². The van der Waals surface area contributed by atoms with E-state index in [1.54, 1.807) is 79.7 Å². The Morgan fingerprint density at radius 1 is 0.424 bits per heavy atom. The minimum Gasteiger partial charge on any atom is -0.451 e. The van der Waals surface area contributed by atoms with Gasteiger partial charge in [0, 0.05) is 64.6 Å². The molecule has 2 N–H and O–H groups in total. The third kappa shape index (κ3) is 20.1. The van der Waals surface area contributed by atoms with Crippen LogP contribution in [0.5, 0.6) is 0 Å². The third-order valence-electron chi connectivity index (χ3n) is 15.6. The highest BCUT2D eigenvalue weighted by Crippen LogP contribution is 2.33. The predicted octanol–water partition coefficient (Wildman–Crippen LogP) is 7.18. The van der Waals surface area contributed by atoms with Crippen LogP contribution in [0, 0.1) is 23.7 Å². The maximum absolute atomic E-state index is 15.0.